The highest BCUT2D eigenvalue weighted by molar-refractivity contribution is 5.99. The average Bonchev–Trinajstić information content (AvgIpc) is 2.92. The lowest BCUT2D eigenvalue weighted by Crippen LogP contribution is -2.33. The Kier molecular flexibility index (Phi) is 11.7. The molecule has 4 N–H and O–H groups in total. The Balaban J connectivity index is 1.63. The lowest BCUT2D eigenvalue weighted by atomic mass is 10.1. The average molecular weight is 575 g/mol. The summed E-state index contributed by atoms with van der Waals surface area (Å²) in [6, 6.07) is 13.4. The number of nitrogens with zero attached hydrogens (tertiary/aromatic N) is 2. The molecule has 2 amide bonds. The van der Waals surface area contributed by atoms with E-state index in [0.29, 0.717) is 42.8 Å². The maximum atomic E-state index is 11.9. The molecule has 0 radical (unpaired) electrons. The maximum absolute atomic E-state index is 11.9. The molecule has 224 valence electrons. The van der Waals surface area contributed by atoms with E-state index < -0.39 is 11.7 Å². The van der Waals surface area contributed by atoms with E-state index in [0.717, 1.165) is 41.8 Å². The zero-order chi connectivity index (χ0) is 30.5. The van der Waals surface area contributed by atoms with Crippen LogP contribution in [0.1, 0.15) is 58.1 Å². The molecule has 0 atom stereocenters. The van der Waals surface area contributed by atoms with Crippen molar-refractivity contribution < 1.29 is 19.1 Å². The van der Waals surface area contributed by atoms with E-state index in [-0.39, 0.29) is 5.91 Å². The molecule has 0 saturated carbocycles. The lowest BCUT2D eigenvalue weighted by molar-refractivity contribution is -0.111. The topological polar surface area (TPSA) is 126 Å². The third-order valence-corrected chi connectivity index (χ3v) is 5.85. The van der Waals surface area contributed by atoms with Crippen molar-refractivity contribution >= 4 is 40.8 Å². The molecular weight excluding hydrogens is 532 g/mol. The number of anilines is 5. The summed E-state index contributed by atoms with van der Waals surface area (Å²) in [6.07, 6.45) is 6.21. The van der Waals surface area contributed by atoms with Gasteiger partial charge < -0.3 is 30.7 Å². The fraction of sp³-hybridized carbons (Fsp3) is 0.375. The Hall–Kier alpha value is -4.60. The fourth-order valence-electron chi connectivity index (χ4n) is 3.88. The maximum Gasteiger partial charge on any atom is 0.407 e. The van der Waals surface area contributed by atoms with E-state index in [1.165, 1.54) is 6.08 Å². The first-order valence-corrected chi connectivity index (χ1v) is 14.2. The number of carbonyl (C=O) groups is 2. The van der Waals surface area contributed by atoms with Crippen LogP contribution in [-0.2, 0) is 16.0 Å². The van der Waals surface area contributed by atoms with Crippen molar-refractivity contribution in [3.8, 4) is 5.75 Å². The molecule has 0 unspecified atom stereocenters. The van der Waals surface area contributed by atoms with Crippen molar-refractivity contribution in [3.05, 3.63) is 72.4 Å². The van der Waals surface area contributed by atoms with E-state index in [1.54, 1.807) is 6.20 Å². The van der Waals surface area contributed by atoms with Gasteiger partial charge in [0.05, 0.1) is 6.61 Å². The number of hydrogen-bond acceptors (Lipinski definition) is 8. The van der Waals surface area contributed by atoms with Crippen molar-refractivity contribution in [2.45, 2.75) is 65.9 Å². The first-order chi connectivity index (χ1) is 20.0. The molecule has 0 aliphatic carbocycles. The molecule has 3 rings (SSSR count). The van der Waals surface area contributed by atoms with E-state index in [1.807, 2.05) is 64.1 Å². The minimum Gasteiger partial charge on any atom is -0.493 e. The Labute approximate surface area is 248 Å². The highest BCUT2D eigenvalue weighted by atomic mass is 16.6. The van der Waals surface area contributed by atoms with Crippen LogP contribution in [0, 0.1) is 6.92 Å². The van der Waals surface area contributed by atoms with E-state index in [9.17, 15) is 9.59 Å². The summed E-state index contributed by atoms with van der Waals surface area (Å²) in [4.78, 5) is 32.8. The number of nitrogens with one attached hydrogen (secondary N) is 4. The third kappa shape index (κ3) is 11.1. The van der Waals surface area contributed by atoms with Gasteiger partial charge in [-0.05, 0) is 88.9 Å². The van der Waals surface area contributed by atoms with Gasteiger partial charge >= 0.3 is 6.09 Å². The van der Waals surface area contributed by atoms with Crippen LogP contribution in [0.5, 0.6) is 5.75 Å². The number of aromatic nitrogens is 2. The van der Waals surface area contributed by atoms with Crippen molar-refractivity contribution in [1.82, 2.24) is 15.3 Å². The molecule has 0 fully saturated rings. The zero-order valence-corrected chi connectivity index (χ0v) is 25.2. The standard InChI is InChI=1S/C32H42N6O4/c1-7-9-12-23-17-25(35-28(39)8-2)19-26(18-23)36-29-22(3)21-34-30(38-29)37-24-13-10-14-27(20-24)41-16-11-15-33-31(40)42-32(4,5)6/h8,10,13-14,17-21H,2,7,9,11-12,15-16H2,1,3-6H3,(H,33,40)(H,35,39)(H2,34,36,37,38). The van der Waals surface area contributed by atoms with Crippen molar-refractivity contribution in [2.75, 3.05) is 29.1 Å². The number of aryl methyl sites for hydroxylation is 2. The predicted octanol–water partition coefficient (Wildman–Crippen LogP) is 7.03. The number of carbonyl (C=O) groups excluding carboxylic acids is 2. The second-order valence-corrected chi connectivity index (χ2v) is 10.8. The van der Waals surface area contributed by atoms with Crippen LogP contribution in [0.25, 0.3) is 0 Å². The quantitative estimate of drug-likeness (QED) is 0.119. The number of benzene rings is 2. The lowest BCUT2D eigenvalue weighted by Gasteiger charge is -2.19. The number of ether oxygens (including phenoxy) is 2. The monoisotopic (exact) mass is 574 g/mol. The summed E-state index contributed by atoms with van der Waals surface area (Å²) >= 11 is 0. The van der Waals surface area contributed by atoms with Crippen LogP contribution in [0.2, 0.25) is 0 Å². The third-order valence-electron chi connectivity index (χ3n) is 5.85. The van der Waals surface area contributed by atoms with Gasteiger partial charge in [0.1, 0.15) is 17.2 Å². The number of hydrogen-bond donors (Lipinski definition) is 4. The molecular formula is C32H42N6O4. The van der Waals surface area contributed by atoms with Crippen LogP contribution in [-0.4, -0.2) is 40.7 Å². The molecule has 2 aromatic carbocycles. The minimum absolute atomic E-state index is 0.262. The van der Waals surface area contributed by atoms with Gasteiger partial charge in [-0.25, -0.2) is 9.78 Å². The summed E-state index contributed by atoms with van der Waals surface area (Å²) in [5, 5.41) is 12.2. The van der Waals surface area contributed by atoms with Crippen molar-refractivity contribution in [1.29, 1.82) is 0 Å². The summed E-state index contributed by atoms with van der Waals surface area (Å²) in [5.74, 6) is 1.48. The Morgan fingerprint density at radius 3 is 2.55 bits per heavy atom. The normalized spacial score (nSPS) is 10.9. The highest BCUT2D eigenvalue weighted by Gasteiger charge is 2.15. The summed E-state index contributed by atoms with van der Waals surface area (Å²) < 4.78 is 11.1. The van der Waals surface area contributed by atoms with E-state index in [2.05, 4.69) is 50.8 Å². The zero-order valence-electron chi connectivity index (χ0n) is 25.2. The SMILES string of the molecule is C=CC(=O)Nc1cc(CCCC)cc(Nc2nc(Nc3cccc(OCCCNC(=O)OC(C)(C)C)c3)ncc2C)c1. The van der Waals surface area contributed by atoms with Crippen LogP contribution in [0.15, 0.2) is 61.3 Å². The molecule has 0 bridgehead atoms. The van der Waals surface area contributed by atoms with Gasteiger partial charge in [0, 0.05) is 41.4 Å². The highest BCUT2D eigenvalue weighted by Crippen LogP contribution is 2.26. The number of amides is 2. The van der Waals surface area contributed by atoms with Crippen LogP contribution in [0.4, 0.5) is 33.6 Å². The van der Waals surface area contributed by atoms with E-state index >= 15 is 0 Å². The van der Waals surface area contributed by atoms with Crippen molar-refractivity contribution in [3.63, 3.8) is 0 Å². The second-order valence-electron chi connectivity index (χ2n) is 10.8. The summed E-state index contributed by atoms with van der Waals surface area (Å²) in [7, 11) is 0. The van der Waals surface area contributed by atoms with Crippen LogP contribution < -0.4 is 26.0 Å². The molecule has 1 heterocycles. The van der Waals surface area contributed by atoms with Gasteiger partial charge in [-0.2, -0.15) is 4.98 Å². The van der Waals surface area contributed by atoms with Gasteiger partial charge in [0.25, 0.3) is 0 Å². The largest absolute Gasteiger partial charge is 0.493 e. The summed E-state index contributed by atoms with van der Waals surface area (Å²) in [6.45, 7) is 14.0. The Morgan fingerprint density at radius 2 is 1.81 bits per heavy atom. The van der Waals surface area contributed by atoms with Crippen LogP contribution in [0.3, 0.4) is 0 Å². The molecule has 0 saturated heterocycles. The fourth-order valence-corrected chi connectivity index (χ4v) is 3.88. The van der Waals surface area contributed by atoms with Gasteiger partial charge in [0.15, 0.2) is 0 Å². The van der Waals surface area contributed by atoms with Gasteiger partial charge in [-0.3, -0.25) is 4.79 Å². The van der Waals surface area contributed by atoms with Gasteiger partial charge in [-0.15, -0.1) is 0 Å². The van der Waals surface area contributed by atoms with Gasteiger partial charge in [0.2, 0.25) is 11.9 Å². The van der Waals surface area contributed by atoms with Gasteiger partial charge in [-0.1, -0.05) is 26.0 Å². The number of unbranched alkanes of at least 4 members (excludes halogenated alkanes) is 1. The Bertz CT molecular complexity index is 1370. The molecule has 0 aliphatic heterocycles. The van der Waals surface area contributed by atoms with Crippen LogP contribution >= 0.6 is 0 Å². The molecule has 10 heteroatoms. The molecule has 3 aromatic rings. The number of rotatable bonds is 14. The molecule has 0 aliphatic rings. The number of alkyl carbamates (subject to hydrolysis) is 1. The minimum atomic E-state index is -0.528. The first kappa shape index (κ1) is 31.9. The van der Waals surface area contributed by atoms with Crippen molar-refractivity contribution in [2.24, 2.45) is 0 Å². The summed E-state index contributed by atoms with van der Waals surface area (Å²) in [5.41, 5.74) is 3.73. The van der Waals surface area contributed by atoms with E-state index in [4.69, 9.17) is 9.47 Å². The predicted molar refractivity (Wildman–Crippen MR) is 168 cm³/mol. The molecule has 42 heavy (non-hydrogen) atoms. The Morgan fingerprint density at radius 1 is 1.02 bits per heavy atom. The molecule has 1 aromatic heterocycles. The molecule has 10 nitrogen and oxygen atoms in total. The molecule has 0 spiro atoms. The smallest absolute Gasteiger partial charge is 0.407 e. The second kappa shape index (κ2) is 15.4. The first-order valence-electron chi connectivity index (χ1n) is 14.2.